The molecule has 3 heteroatoms. The summed E-state index contributed by atoms with van der Waals surface area (Å²) in [5.74, 6) is 0. The molecule has 2 N–H and O–H groups in total. The summed E-state index contributed by atoms with van der Waals surface area (Å²) in [7, 11) is 0. The summed E-state index contributed by atoms with van der Waals surface area (Å²) in [4.78, 5) is 0. The van der Waals surface area contributed by atoms with Gasteiger partial charge in [0.2, 0.25) is 0 Å². The quantitative estimate of drug-likeness (QED) is 0.547. The molecule has 0 aliphatic heterocycles. The second-order valence-electron chi connectivity index (χ2n) is 6.92. The van der Waals surface area contributed by atoms with Crippen LogP contribution in [0.5, 0.6) is 0 Å². The number of hydrogen-bond donors (Lipinski definition) is 2. The predicted octanol–water partition coefficient (Wildman–Crippen LogP) is 4.64. The van der Waals surface area contributed by atoms with Crippen molar-refractivity contribution in [2.45, 2.75) is 19.6 Å². The molecule has 0 saturated carbocycles. The summed E-state index contributed by atoms with van der Waals surface area (Å²) in [5, 5.41) is 20.8. The van der Waals surface area contributed by atoms with Crippen LogP contribution in [0.4, 0.5) is 0 Å². The molecule has 0 amide bonds. The van der Waals surface area contributed by atoms with Gasteiger partial charge in [-0.05, 0) is 30.2 Å². The molecule has 3 nitrogen and oxygen atoms in total. The van der Waals surface area contributed by atoms with Gasteiger partial charge in [-0.25, -0.2) is 0 Å². The maximum absolute atomic E-state index is 10.2. The van der Waals surface area contributed by atoms with Crippen molar-refractivity contribution < 1.29 is 10.2 Å². The number of aryl methyl sites for hydroxylation is 1. The molecule has 0 spiro atoms. The van der Waals surface area contributed by atoms with Crippen molar-refractivity contribution in [3.63, 3.8) is 0 Å². The first-order valence-electron chi connectivity index (χ1n) is 9.21. The second kappa shape index (κ2) is 7.39. The van der Waals surface area contributed by atoms with Crippen molar-refractivity contribution in [1.29, 1.82) is 0 Å². The molecule has 4 rings (SSSR count). The van der Waals surface area contributed by atoms with Crippen molar-refractivity contribution in [1.82, 2.24) is 4.57 Å². The van der Waals surface area contributed by atoms with E-state index in [1.807, 2.05) is 36.4 Å². The molecule has 0 bridgehead atoms. The maximum Gasteiger partial charge on any atom is 0.0949 e. The van der Waals surface area contributed by atoms with E-state index in [0.29, 0.717) is 6.54 Å². The number of aliphatic hydroxyl groups is 2. The molecule has 27 heavy (non-hydrogen) atoms. The van der Waals surface area contributed by atoms with Crippen molar-refractivity contribution in [2.24, 2.45) is 0 Å². The van der Waals surface area contributed by atoms with E-state index in [9.17, 15) is 10.2 Å². The summed E-state index contributed by atoms with van der Waals surface area (Å²) in [6.07, 6.45) is -0.812. The van der Waals surface area contributed by atoms with Gasteiger partial charge in [0.05, 0.1) is 24.9 Å². The molecule has 0 aliphatic rings. The molecule has 0 saturated heterocycles. The second-order valence-corrected chi connectivity index (χ2v) is 6.92. The van der Waals surface area contributed by atoms with Crippen molar-refractivity contribution in [2.75, 3.05) is 6.61 Å². The third-order valence-electron chi connectivity index (χ3n) is 4.93. The van der Waals surface area contributed by atoms with Crippen LogP contribution < -0.4 is 0 Å². The molecule has 4 aromatic rings. The van der Waals surface area contributed by atoms with E-state index in [4.69, 9.17) is 0 Å². The van der Waals surface area contributed by atoms with Crippen LogP contribution in [-0.4, -0.2) is 27.5 Å². The fourth-order valence-electron chi connectivity index (χ4n) is 3.72. The van der Waals surface area contributed by atoms with Crippen LogP contribution in [-0.2, 0) is 6.54 Å². The molecule has 0 fully saturated rings. The molecule has 0 radical (unpaired) electrons. The third-order valence-corrected chi connectivity index (χ3v) is 4.93. The van der Waals surface area contributed by atoms with Gasteiger partial charge >= 0.3 is 0 Å². The average Bonchev–Trinajstić information content (AvgIpc) is 3.02. The molecule has 0 aliphatic carbocycles. The van der Waals surface area contributed by atoms with Crippen LogP contribution >= 0.6 is 0 Å². The Morgan fingerprint density at radius 1 is 0.852 bits per heavy atom. The molecule has 1 aromatic heterocycles. The largest absolute Gasteiger partial charge is 0.394 e. The lowest BCUT2D eigenvalue weighted by molar-refractivity contribution is 0.0826. The van der Waals surface area contributed by atoms with E-state index >= 15 is 0 Å². The van der Waals surface area contributed by atoms with Crippen LogP contribution in [0.2, 0.25) is 0 Å². The Bertz CT molecular complexity index is 1050. The first kappa shape index (κ1) is 17.5. The van der Waals surface area contributed by atoms with Crippen molar-refractivity contribution in [3.8, 4) is 22.4 Å². The number of nitrogens with zero attached hydrogens (tertiary/aromatic N) is 1. The lowest BCUT2D eigenvalue weighted by Crippen LogP contribution is -2.20. The van der Waals surface area contributed by atoms with Crippen LogP contribution in [0, 0.1) is 6.92 Å². The molecular weight excluding hydrogens is 334 g/mol. The van der Waals surface area contributed by atoms with E-state index in [-0.39, 0.29) is 6.61 Å². The highest BCUT2D eigenvalue weighted by molar-refractivity contribution is 6.04. The smallest absolute Gasteiger partial charge is 0.0949 e. The van der Waals surface area contributed by atoms with E-state index in [0.717, 1.165) is 33.3 Å². The van der Waals surface area contributed by atoms with Gasteiger partial charge in [0.1, 0.15) is 0 Å². The van der Waals surface area contributed by atoms with Gasteiger partial charge < -0.3 is 14.8 Å². The van der Waals surface area contributed by atoms with Crippen LogP contribution in [0.25, 0.3) is 33.3 Å². The molecule has 1 unspecified atom stereocenters. The minimum atomic E-state index is -0.812. The first-order valence-corrected chi connectivity index (χ1v) is 9.21. The molecule has 3 aromatic carbocycles. The summed E-state index contributed by atoms with van der Waals surface area (Å²) in [5.41, 5.74) is 6.71. The topological polar surface area (TPSA) is 45.4 Å². The Hall–Kier alpha value is -2.88. The Kier molecular flexibility index (Phi) is 4.80. The Balaban J connectivity index is 2.11. The minimum absolute atomic E-state index is 0.263. The summed E-state index contributed by atoms with van der Waals surface area (Å²) in [6, 6.07) is 27.0. The van der Waals surface area contributed by atoms with Gasteiger partial charge in [-0.3, -0.25) is 0 Å². The fourth-order valence-corrected chi connectivity index (χ4v) is 3.72. The maximum atomic E-state index is 10.2. The van der Waals surface area contributed by atoms with Gasteiger partial charge in [0.25, 0.3) is 0 Å². The lowest BCUT2D eigenvalue weighted by Gasteiger charge is -2.15. The van der Waals surface area contributed by atoms with E-state index in [1.54, 1.807) is 0 Å². The number of aromatic nitrogens is 1. The van der Waals surface area contributed by atoms with Gasteiger partial charge in [-0.1, -0.05) is 72.3 Å². The molecule has 136 valence electrons. The number of rotatable bonds is 5. The average molecular weight is 357 g/mol. The van der Waals surface area contributed by atoms with Gasteiger partial charge in [-0.2, -0.15) is 0 Å². The van der Waals surface area contributed by atoms with Crippen LogP contribution in [0.3, 0.4) is 0 Å². The summed E-state index contributed by atoms with van der Waals surface area (Å²) < 4.78 is 2.13. The molecule has 1 atom stereocenters. The third kappa shape index (κ3) is 3.27. The van der Waals surface area contributed by atoms with Gasteiger partial charge in [0, 0.05) is 16.5 Å². The number of fused-ring (bicyclic) bond motifs is 1. The normalized spacial score (nSPS) is 12.4. The zero-order chi connectivity index (χ0) is 18.8. The van der Waals surface area contributed by atoms with Crippen LogP contribution in [0.15, 0.2) is 78.9 Å². The Labute approximate surface area is 159 Å². The molecule has 1 heterocycles. The molecular formula is C24H23NO2. The Morgan fingerprint density at radius 3 is 2.11 bits per heavy atom. The SMILES string of the molecule is Cc1ccc2c(c1)c(-c1ccccc1)c(-c1ccccc1)n2CC(O)CO. The monoisotopic (exact) mass is 357 g/mol. The predicted molar refractivity (Wildman–Crippen MR) is 111 cm³/mol. The van der Waals surface area contributed by atoms with Crippen molar-refractivity contribution >= 4 is 10.9 Å². The number of benzene rings is 3. The van der Waals surface area contributed by atoms with E-state index in [2.05, 4.69) is 54.0 Å². The highest BCUT2D eigenvalue weighted by atomic mass is 16.3. The van der Waals surface area contributed by atoms with Gasteiger partial charge in [0.15, 0.2) is 0 Å². The minimum Gasteiger partial charge on any atom is -0.394 e. The zero-order valence-corrected chi connectivity index (χ0v) is 15.3. The Morgan fingerprint density at radius 2 is 1.48 bits per heavy atom. The van der Waals surface area contributed by atoms with E-state index in [1.165, 1.54) is 5.56 Å². The summed E-state index contributed by atoms with van der Waals surface area (Å²) >= 11 is 0. The van der Waals surface area contributed by atoms with Crippen molar-refractivity contribution in [3.05, 3.63) is 84.4 Å². The summed E-state index contributed by atoms with van der Waals surface area (Å²) in [6.45, 7) is 2.17. The first-order chi connectivity index (χ1) is 13.2. The highest BCUT2D eigenvalue weighted by Crippen LogP contribution is 2.41. The zero-order valence-electron chi connectivity index (χ0n) is 15.3. The fraction of sp³-hybridized carbons (Fsp3) is 0.167. The number of hydrogen-bond acceptors (Lipinski definition) is 2. The van der Waals surface area contributed by atoms with Gasteiger partial charge in [-0.15, -0.1) is 0 Å². The highest BCUT2D eigenvalue weighted by Gasteiger charge is 2.21. The standard InChI is InChI=1S/C24H23NO2/c1-17-12-13-22-21(14-17)23(18-8-4-2-5-9-18)24(19-10-6-3-7-11-19)25(22)15-20(27)16-26/h2-14,20,26-27H,15-16H2,1H3. The van der Waals surface area contributed by atoms with Crippen LogP contribution in [0.1, 0.15) is 5.56 Å². The van der Waals surface area contributed by atoms with E-state index < -0.39 is 6.10 Å². The lowest BCUT2D eigenvalue weighted by atomic mass is 9.98. The number of aliphatic hydroxyl groups excluding tert-OH is 2.